The van der Waals surface area contributed by atoms with Crippen LogP contribution in [0.1, 0.15) is 24.4 Å². The van der Waals surface area contributed by atoms with Crippen molar-refractivity contribution in [1.82, 2.24) is 19.4 Å². The lowest BCUT2D eigenvalue weighted by Crippen LogP contribution is -2.56. The molecule has 1 aromatic carbocycles. The van der Waals surface area contributed by atoms with Gasteiger partial charge in [-0.05, 0) is 44.2 Å². The number of halogens is 7. The highest BCUT2D eigenvalue weighted by molar-refractivity contribution is 5.73. The summed E-state index contributed by atoms with van der Waals surface area (Å²) in [6.07, 6.45) is -4.45. The minimum absolute atomic E-state index is 0.0521. The molecular formula is C26H27F7N4O5. The van der Waals surface area contributed by atoms with Crippen molar-refractivity contribution in [2.24, 2.45) is 0 Å². The molecule has 0 saturated carbocycles. The summed E-state index contributed by atoms with van der Waals surface area (Å²) in [6.45, 7) is 4.73. The lowest BCUT2D eigenvalue weighted by Gasteiger charge is -2.49. The van der Waals surface area contributed by atoms with Gasteiger partial charge in [0.15, 0.2) is 0 Å². The fraction of sp³-hybridized carbons (Fsp3) is 0.423. The molecule has 0 amide bonds. The van der Waals surface area contributed by atoms with Crippen molar-refractivity contribution >= 4 is 11.9 Å². The molecule has 0 bridgehead atoms. The highest BCUT2D eigenvalue weighted by atomic mass is 19.4. The third kappa shape index (κ3) is 7.88. The Bertz CT molecular complexity index is 1320. The van der Waals surface area contributed by atoms with Crippen LogP contribution >= 0.6 is 0 Å². The number of rotatable bonds is 3. The van der Waals surface area contributed by atoms with Crippen LogP contribution in [-0.2, 0) is 28.2 Å². The number of imidazole rings is 1. The Morgan fingerprint density at radius 3 is 2.05 bits per heavy atom. The van der Waals surface area contributed by atoms with E-state index < -0.39 is 24.3 Å². The summed E-state index contributed by atoms with van der Waals surface area (Å²) in [6, 6.07) is 10.8. The summed E-state index contributed by atoms with van der Waals surface area (Å²) < 4.78 is 85.0. The highest BCUT2D eigenvalue weighted by Gasteiger charge is 2.45. The number of nitrogens with zero attached hydrogens (tertiary/aromatic N) is 4. The number of benzene rings is 1. The van der Waals surface area contributed by atoms with E-state index in [9.17, 15) is 30.7 Å². The van der Waals surface area contributed by atoms with E-state index in [4.69, 9.17) is 29.2 Å². The van der Waals surface area contributed by atoms with Crippen molar-refractivity contribution in [2.45, 2.75) is 43.8 Å². The van der Waals surface area contributed by atoms with Gasteiger partial charge < -0.3 is 19.2 Å². The molecule has 3 aromatic rings. The summed E-state index contributed by atoms with van der Waals surface area (Å²) in [4.78, 5) is 27.6. The molecule has 1 spiro atoms. The summed E-state index contributed by atoms with van der Waals surface area (Å²) in [5.41, 5.74) is 1.86. The summed E-state index contributed by atoms with van der Waals surface area (Å²) >= 11 is 0. The van der Waals surface area contributed by atoms with Gasteiger partial charge in [-0.25, -0.2) is 19.0 Å². The van der Waals surface area contributed by atoms with Gasteiger partial charge in [0.2, 0.25) is 0 Å². The molecule has 1 fully saturated rings. The largest absolute Gasteiger partial charge is 0.490 e. The maximum absolute atomic E-state index is 13.7. The molecule has 42 heavy (non-hydrogen) atoms. The number of aliphatic carboxylic acids is 2. The lowest BCUT2D eigenvalue weighted by atomic mass is 9.83. The van der Waals surface area contributed by atoms with Crippen molar-refractivity contribution in [3.05, 3.63) is 66.3 Å². The molecule has 5 rings (SSSR count). The van der Waals surface area contributed by atoms with E-state index in [1.807, 2.05) is 24.4 Å². The normalized spacial score (nSPS) is 17.0. The maximum Gasteiger partial charge on any atom is 0.490 e. The van der Waals surface area contributed by atoms with Gasteiger partial charge in [0.1, 0.15) is 17.4 Å². The Balaban J connectivity index is 0.000000289. The van der Waals surface area contributed by atoms with E-state index >= 15 is 0 Å². The number of fused-ring (bicyclic) bond motifs is 2. The minimum Gasteiger partial charge on any atom is -0.475 e. The molecule has 4 heterocycles. The van der Waals surface area contributed by atoms with Gasteiger partial charge in [-0.2, -0.15) is 26.3 Å². The van der Waals surface area contributed by atoms with Crippen molar-refractivity contribution in [3.8, 4) is 11.3 Å². The van der Waals surface area contributed by atoms with Crippen molar-refractivity contribution < 1.29 is 55.0 Å². The first-order chi connectivity index (χ1) is 19.5. The van der Waals surface area contributed by atoms with E-state index in [-0.39, 0.29) is 11.4 Å². The number of piperidine rings is 1. The second-order valence-corrected chi connectivity index (χ2v) is 9.54. The first-order valence-corrected chi connectivity index (χ1v) is 12.4. The van der Waals surface area contributed by atoms with Crippen LogP contribution in [-0.4, -0.2) is 80.5 Å². The molecule has 0 atom stereocenters. The van der Waals surface area contributed by atoms with Crippen molar-refractivity contribution in [2.75, 3.05) is 26.7 Å². The molecule has 0 radical (unpaired) electrons. The fourth-order valence-electron chi connectivity index (χ4n) is 4.80. The van der Waals surface area contributed by atoms with E-state index in [1.54, 1.807) is 18.4 Å². The Morgan fingerprint density at radius 1 is 0.952 bits per heavy atom. The van der Waals surface area contributed by atoms with E-state index in [1.165, 1.54) is 6.07 Å². The number of likely N-dealkylation sites (N-methyl/N-ethyl adjacent to an activating group) is 1. The monoisotopic (exact) mass is 608 g/mol. The van der Waals surface area contributed by atoms with Crippen LogP contribution in [0.4, 0.5) is 30.7 Å². The number of likely N-dealkylation sites (tertiary alicyclic amines) is 1. The van der Waals surface area contributed by atoms with Gasteiger partial charge in [-0.15, -0.1) is 0 Å². The summed E-state index contributed by atoms with van der Waals surface area (Å²) in [5, 5.41) is 14.2. The molecule has 1 saturated heterocycles. The van der Waals surface area contributed by atoms with Crippen LogP contribution in [0, 0.1) is 5.82 Å². The zero-order chi connectivity index (χ0) is 31.3. The Morgan fingerprint density at radius 2 is 1.55 bits per heavy atom. The van der Waals surface area contributed by atoms with E-state index in [2.05, 4.69) is 21.4 Å². The standard InChI is InChI=1S/C22H25FN4O.2C2HF3O2/c1-25-11-12-27-20(17-4-2-5-18(23)14-17)15-24-21(27)22(25)7-9-26(10-8-22)16-19-6-3-13-28-19;2*3-2(4,5)1(6)7/h2-6,13-15H,7-12,16H2,1H3;2*(H,6,7). The second kappa shape index (κ2) is 12.9. The van der Waals surface area contributed by atoms with Gasteiger partial charge in [-0.3, -0.25) is 9.80 Å². The Kier molecular flexibility index (Phi) is 10.0. The fourth-order valence-corrected chi connectivity index (χ4v) is 4.80. The predicted molar refractivity (Wildman–Crippen MR) is 133 cm³/mol. The lowest BCUT2D eigenvalue weighted by molar-refractivity contribution is -0.193. The smallest absolute Gasteiger partial charge is 0.475 e. The highest BCUT2D eigenvalue weighted by Crippen LogP contribution is 2.41. The topological polar surface area (TPSA) is 112 Å². The number of aromatic nitrogens is 2. The van der Waals surface area contributed by atoms with Crippen molar-refractivity contribution in [3.63, 3.8) is 0 Å². The van der Waals surface area contributed by atoms with Gasteiger partial charge in [-0.1, -0.05) is 12.1 Å². The molecule has 2 aromatic heterocycles. The quantitative estimate of drug-likeness (QED) is 0.401. The van der Waals surface area contributed by atoms with Crippen LogP contribution in [0.15, 0.2) is 53.3 Å². The van der Waals surface area contributed by atoms with Gasteiger partial charge >= 0.3 is 24.3 Å². The van der Waals surface area contributed by atoms with Crippen LogP contribution in [0.5, 0.6) is 0 Å². The maximum atomic E-state index is 13.7. The third-order valence-corrected chi connectivity index (χ3v) is 6.91. The molecule has 2 aliphatic heterocycles. The predicted octanol–water partition coefficient (Wildman–Crippen LogP) is 4.99. The molecule has 2 aliphatic rings. The Labute approximate surface area is 234 Å². The zero-order valence-electron chi connectivity index (χ0n) is 22.1. The average molecular weight is 609 g/mol. The van der Waals surface area contributed by atoms with Crippen molar-refractivity contribution in [1.29, 1.82) is 0 Å². The van der Waals surface area contributed by atoms with Crippen LogP contribution < -0.4 is 0 Å². The number of hydrogen-bond donors (Lipinski definition) is 2. The zero-order valence-corrected chi connectivity index (χ0v) is 22.1. The van der Waals surface area contributed by atoms with Crippen LogP contribution in [0.25, 0.3) is 11.3 Å². The van der Waals surface area contributed by atoms with Crippen LogP contribution in [0.3, 0.4) is 0 Å². The molecule has 230 valence electrons. The number of alkyl halides is 6. The number of carbonyl (C=O) groups is 2. The minimum atomic E-state index is -5.08. The third-order valence-electron chi connectivity index (χ3n) is 6.91. The molecule has 16 heteroatoms. The van der Waals surface area contributed by atoms with Crippen LogP contribution in [0.2, 0.25) is 0 Å². The summed E-state index contributed by atoms with van der Waals surface area (Å²) in [5.74, 6) is -3.58. The van der Waals surface area contributed by atoms with Gasteiger partial charge in [0, 0.05) is 31.7 Å². The average Bonchev–Trinajstić information content (AvgIpc) is 3.58. The number of hydrogen-bond acceptors (Lipinski definition) is 6. The number of carboxylic acids is 2. The Hall–Kier alpha value is -3.92. The SMILES string of the molecule is CN1CCn2c(-c3cccc(F)c3)cnc2C12CCN(Cc1ccco1)CC2.O=C(O)C(F)(F)F.O=C(O)C(F)(F)F. The second-order valence-electron chi connectivity index (χ2n) is 9.54. The molecule has 9 nitrogen and oxygen atoms in total. The summed E-state index contributed by atoms with van der Waals surface area (Å²) in [7, 11) is 2.21. The van der Waals surface area contributed by atoms with E-state index in [0.717, 1.165) is 68.4 Å². The first-order valence-electron chi connectivity index (χ1n) is 12.4. The molecular weight excluding hydrogens is 581 g/mol. The number of carboxylic acid groups (broad SMARTS) is 2. The first kappa shape index (κ1) is 32.6. The number of furan rings is 1. The van der Waals surface area contributed by atoms with E-state index in [0.29, 0.717) is 0 Å². The molecule has 0 unspecified atom stereocenters. The molecule has 0 aliphatic carbocycles. The van der Waals surface area contributed by atoms with Gasteiger partial charge in [0.05, 0.1) is 30.2 Å². The van der Waals surface area contributed by atoms with Gasteiger partial charge in [0.25, 0.3) is 0 Å². The molecule has 2 N–H and O–H groups in total.